The van der Waals surface area contributed by atoms with Crippen molar-refractivity contribution in [2.45, 2.75) is 31.8 Å². The highest BCUT2D eigenvalue weighted by Gasteiger charge is 2.39. The predicted octanol–water partition coefficient (Wildman–Crippen LogP) is 2.02. The van der Waals surface area contributed by atoms with Gasteiger partial charge in [-0.15, -0.1) is 0 Å². The second kappa shape index (κ2) is 4.88. The van der Waals surface area contributed by atoms with Crippen molar-refractivity contribution in [3.05, 3.63) is 46.2 Å². The zero-order valence-electron chi connectivity index (χ0n) is 12.6. The van der Waals surface area contributed by atoms with Crippen LogP contribution in [0.1, 0.15) is 49.7 Å². The molecule has 0 amide bonds. The van der Waals surface area contributed by atoms with Crippen LogP contribution in [0.5, 0.6) is 0 Å². The number of carbonyl (C=O) groups excluding carboxylic acids is 2. The number of hydrogen-bond donors (Lipinski definition) is 2. The van der Waals surface area contributed by atoms with E-state index in [1.54, 1.807) is 13.0 Å². The molecule has 2 atom stereocenters. The van der Waals surface area contributed by atoms with Crippen LogP contribution in [0.3, 0.4) is 0 Å². The monoisotopic (exact) mass is 312 g/mol. The molecule has 1 aromatic heterocycles. The van der Waals surface area contributed by atoms with Gasteiger partial charge in [-0.1, -0.05) is 12.1 Å². The highest BCUT2D eigenvalue weighted by atomic mass is 16.3. The highest BCUT2D eigenvalue weighted by molar-refractivity contribution is 6.53. The van der Waals surface area contributed by atoms with E-state index >= 15 is 0 Å². The van der Waals surface area contributed by atoms with E-state index in [2.05, 4.69) is 0 Å². The molecule has 0 fully saturated rings. The maximum absolute atomic E-state index is 12.7. The van der Waals surface area contributed by atoms with E-state index in [1.165, 1.54) is 6.26 Å². The van der Waals surface area contributed by atoms with Crippen LogP contribution in [-0.4, -0.2) is 34.5 Å². The van der Waals surface area contributed by atoms with E-state index in [9.17, 15) is 19.8 Å². The molecule has 2 aromatic rings. The number of aryl methyl sites for hydroxylation is 1. The Kier molecular flexibility index (Phi) is 3.04. The van der Waals surface area contributed by atoms with Gasteiger partial charge in [0.05, 0.1) is 24.5 Å². The van der Waals surface area contributed by atoms with E-state index in [-0.39, 0.29) is 6.61 Å². The summed E-state index contributed by atoms with van der Waals surface area (Å²) in [7, 11) is 0. The van der Waals surface area contributed by atoms with Crippen molar-refractivity contribution in [2.24, 2.45) is 0 Å². The fourth-order valence-corrected chi connectivity index (χ4v) is 3.80. The van der Waals surface area contributed by atoms with Gasteiger partial charge in [-0.05, 0) is 36.5 Å². The summed E-state index contributed by atoms with van der Waals surface area (Å²) in [4.78, 5) is 25.1. The number of benzene rings is 1. The third-order valence-electron chi connectivity index (χ3n) is 4.98. The first-order chi connectivity index (χ1) is 11.0. The smallest absolute Gasteiger partial charge is 0.237 e. The zero-order valence-corrected chi connectivity index (χ0v) is 12.6. The number of rotatable bonds is 1. The molecule has 0 saturated heterocycles. The fraction of sp³-hybridized carbons (Fsp3) is 0.333. The molecule has 2 aliphatic carbocycles. The van der Waals surface area contributed by atoms with Crippen molar-refractivity contribution in [3.8, 4) is 11.3 Å². The Morgan fingerprint density at radius 3 is 2.70 bits per heavy atom. The summed E-state index contributed by atoms with van der Waals surface area (Å²) in [5.74, 6) is -1.05. The lowest BCUT2D eigenvalue weighted by Crippen LogP contribution is -2.31. The third kappa shape index (κ3) is 1.81. The van der Waals surface area contributed by atoms with Crippen molar-refractivity contribution in [1.29, 1.82) is 0 Å². The first-order valence-corrected chi connectivity index (χ1v) is 7.66. The van der Waals surface area contributed by atoms with Crippen LogP contribution in [0.15, 0.2) is 22.8 Å². The van der Waals surface area contributed by atoms with Crippen LogP contribution < -0.4 is 0 Å². The van der Waals surface area contributed by atoms with Gasteiger partial charge in [-0.25, -0.2) is 0 Å². The minimum absolute atomic E-state index is 0.194. The van der Waals surface area contributed by atoms with Crippen LogP contribution in [0.25, 0.3) is 11.3 Å². The summed E-state index contributed by atoms with van der Waals surface area (Å²) in [6.07, 6.45) is 1.82. The van der Waals surface area contributed by atoms with Gasteiger partial charge in [-0.3, -0.25) is 9.59 Å². The Labute approximate surface area is 132 Å². The lowest BCUT2D eigenvalue weighted by molar-refractivity contribution is 0.0807. The first-order valence-electron chi connectivity index (χ1n) is 7.66. The summed E-state index contributed by atoms with van der Waals surface area (Å²) in [6, 6.07) is 3.57. The molecule has 1 aromatic carbocycles. The maximum Gasteiger partial charge on any atom is 0.237 e. The average Bonchev–Trinajstić information content (AvgIpc) is 2.93. The molecule has 0 radical (unpaired) electrons. The molecule has 5 heteroatoms. The van der Waals surface area contributed by atoms with Gasteiger partial charge in [0.2, 0.25) is 11.6 Å². The Hall–Kier alpha value is -2.24. The van der Waals surface area contributed by atoms with Gasteiger partial charge >= 0.3 is 0 Å². The lowest BCUT2D eigenvalue weighted by Gasteiger charge is -2.31. The molecule has 0 bridgehead atoms. The molecule has 0 spiro atoms. The molecule has 2 N–H and O–H groups in total. The van der Waals surface area contributed by atoms with Gasteiger partial charge in [0.25, 0.3) is 0 Å². The Morgan fingerprint density at radius 2 is 1.96 bits per heavy atom. The van der Waals surface area contributed by atoms with E-state index < -0.39 is 23.6 Å². The topological polar surface area (TPSA) is 87.7 Å². The van der Waals surface area contributed by atoms with Crippen molar-refractivity contribution < 1.29 is 24.2 Å². The molecule has 118 valence electrons. The van der Waals surface area contributed by atoms with Crippen molar-refractivity contribution in [1.82, 2.24) is 0 Å². The molecular weight excluding hydrogens is 296 g/mol. The average molecular weight is 312 g/mol. The Bertz CT molecular complexity index is 845. The highest BCUT2D eigenvalue weighted by Crippen LogP contribution is 2.42. The lowest BCUT2D eigenvalue weighted by atomic mass is 9.74. The minimum Gasteiger partial charge on any atom is -0.463 e. The first kappa shape index (κ1) is 14.4. The zero-order chi connectivity index (χ0) is 16.3. The number of ketones is 2. The summed E-state index contributed by atoms with van der Waals surface area (Å²) in [5, 5.41) is 19.6. The molecule has 0 unspecified atom stereocenters. The number of fused-ring (bicyclic) bond motifs is 5. The number of hydrogen-bond acceptors (Lipinski definition) is 5. The molecule has 2 aliphatic rings. The maximum atomic E-state index is 12.7. The van der Waals surface area contributed by atoms with E-state index in [0.717, 1.165) is 11.1 Å². The van der Waals surface area contributed by atoms with Crippen molar-refractivity contribution in [2.75, 3.05) is 6.61 Å². The standard InChI is InChI=1S/C18H16O5/c1-8-7-23-18-11-3-2-9-10(4-5-13(20)12(9)6-19)15(11)17(22)16(21)14(8)18/h2-3,7,12-13,19-20H,4-6H2,1H3/t12-,13+/m0/s1. The molecule has 4 rings (SSSR count). The van der Waals surface area contributed by atoms with Crippen LogP contribution in [0.4, 0.5) is 0 Å². The van der Waals surface area contributed by atoms with E-state index in [0.29, 0.717) is 40.9 Å². The number of aliphatic hydroxyl groups excluding tert-OH is 2. The normalized spacial score (nSPS) is 22.6. The predicted molar refractivity (Wildman–Crippen MR) is 81.7 cm³/mol. The second-order valence-electron chi connectivity index (χ2n) is 6.23. The Balaban J connectivity index is 2.01. The third-order valence-corrected chi connectivity index (χ3v) is 4.98. The molecule has 1 heterocycles. The fourth-order valence-electron chi connectivity index (χ4n) is 3.80. The van der Waals surface area contributed by atoms with Crippen LogP contribution in [0, 0.1) is 6.92 Å². The molecule has 5 nitrogen and oxygen atoms in total. The van der Waals surface area contributed by atoms with Gasteiger partial charge < -0.3 is 14.6 Å². The number of carbonyl (C=O) groups is 2. The summed E-state index contributed by atoms with van der Waals surface area (Å²) >= 11 is 0. The van der Waals surface area contributed by atoms with E-state index in [1.807, 2.05) is 6.07 Å². The largest absolute Gasteiger partial charge is 0.463 e. The van der Waals surface area contributed by atoms with Crippen LogP contribution in [-0.2, 0) is 6.42 Å². The molecule has 0 aliphatic heterocycles. The van der Waals surface area contributed by atoms with Gasteiger partial charge in [0.1, 0.15) is 5.76 Å². The van der Waals surface area contributed by atoms with Crippen LogP contribution in [0.2, 0.25) is 0 Å². The Morgan fingerprint density at radius 1 is 1.22 bits per heavy atom. The second-order valence-corrected chi connectivity index (χ2v) is 6.23. The summed E-state index contributed by atoms with van der Waals surface area (Å²) in [5.41, 5.74) is 3.51. The summed E-state index contributed by atoms with van der Waals surface area (Å²) in [6.45, 7) is 1.55. The SMILES string of the molecule is Cc1coc2c1C(=O)C(=O)c1c-2ccc2c1CC[C@@H](O)[C@H]2CO. The number of Topliss-reactive ketones (excluding diaryl/α,β-unsaturated/α-hetero) is 2. The molecule has 0 saturated carbocycles. The molecule has 23 heavy (non-hydrogen) atoms. The van der Waals surface area contributed by atoms with Gasteiger partial charge in [0, 0.05) is 17.0 Å². The quantitative estimate of drug-likeness (QED) is 0.787. The van der Waals surface area contributed by atoms with Gasteiger partial charge in [-0.2, -0.15) is 0 Å². The van der Waals surface area contributed by atoms with E-state index in [4.69, 9.17) is 4.42 Å². The molecular formula is C18H16O5. The minimum atomic E-state index is -0.638. The number of furan rings is 1. The van der Waals surface area contributed by atoms with Crippen molar-refractivity contribution >= 4 is 11.6 Å². The number of aliphatic hydroxyl groups is 2. The van der Waals surface area contributed by atoms with Crippen LogP contribution >= 0.6 is 0 Å². The summed E-state index contributed by atoms with van der Waals surface area (Å²) < 4.78 is 5.53. The van der Waals surface area contributed by atoms with Crippen molar-refractivity contribution in [3.63, 3.8) is 0 Å². The van der Waals surface area contributed by atoms with Gasteiger partial charge in [0.15, 0.2) is 0 Å².